The van der Waals surface area contributed by atoms with Crippen molar-refractivity contribution >= 4 is 17.1 Å². The summed E-state index contributed by atoms with van der Waals surface area (Å²) in [6.07, 6.45) is 3.84. The number of fused-ring (bicyclic) bond motifs is 2. The fourth-order valence-corrected chi connectivity index (χ4v) is 8.68. The molecule has 8 rings (SSSR count). The average Bonchev–Trinajstić information content (AvgIpc) is 3.22. The molecule has 2 aromatic heterocycles. The van der Waals surface area contributed by atoms with Crippen molar-refractivity contribution in [2.45, 2.75) is 110 Å². The molecule has 7 aromatic rings. The number of ether oxygens (including phenoxy) is 1. The predicted octanol–water partition coefficient (Wildman–Crippen LogP) is 15.3. The third-order valence-electron chi connectivity index (χ3n) is 12.3. The van der Waals surface area contributed by atoms with Gasteiger partial charge in [-0.1, -0.05) is 150 Å². The van der Waals surface area contributed by atoms with Crippen LogP contribution in [0.4, 0.5) is 17.1 Å². The van der Waals surface area contributed by atoms with Gasteiger partial charge < -0.3 is 9.64 Å². The zero-order valence-electron chi connectivity index (χ0n) is 38.2. The lowest BCUT2D eigenvalue weighted by molar-refractivity contribution is 0.481. The van der Waals surface area contributed by atoms with Crippen LogP contribution in [-0.2, 0) is 27.1 Å². The fourth-order valence-electron chi connectivity index (χ4n) is 8.68. The summed E-state index contributed by atoms with van der Waals surface area (Å²) < 4.78 is 6.85. The SMILES string of the molecule is CC(C)(C)c1ccc(N2c3ccc(C(C)(C)C)cc3C(c3cccc(Oc4cccc(-c5cc(C(C)(C)C)ccn5)c4)c3)(c3ccccn3)c3cc(C(C)(C)C)ccc32)cc1. The zero-order chi connectivity index (χ0) is 43.5. The molecular formula is C57H61N3O. The third-order valence-corrected chi connectivity index (χ3v) is 12.3. The number of hydrogen-bond acceptors (Lipinski definition) is 4. The molecule has 0 atom stereocenters. The van der Waals surface area contributed by atoms with Crippen LogP contribution in [0.2, 0.25) is 0 Å². The Hall–Kier alpha value is -6.00. The van der Waals surface area contributed by atoms with Crippen molar-refractivity contribution in [3.8, 4) is 22.8 Å². The smallest absolute Gasteiger partial charge is 0.128 e. The Labute approximate surface area is 364 Å². The van der Waals surface area contributed by atoms with E-state index in [1.807, 2.05) is 30.6 Å². The molecule has 0 aliphatic carbocycles. The van der Waals surface area contributed by atoms with Gasteiger partial charge in [-0.15, -0.1) is 0 Å². The lowest BCUT2D eigenvalue weighted by atomic mass is 9.62. The van der Waals surface area contributed by atoms with Crippen molar-refractivity contribution in [2.75, 3.05) is 4.90 Å². The molecule has 3 heterocycles. The summed E-state index contributed by atoms with van der Waals surface area (Å²) in [5, 5.41) is 0. The van der Waals surface area contributed by atoms with E-state index >= 15 is 0 Å². The molecule has 0 fully saturated rings. The second-order valence-electron chi connectivity index (χ2n) is 20.9. The summed E-state index contributed by atoms with van der Waals surface area (Å²) in [6, 6.07) is 50.9. The molecule has 61 heavy (non-hydrogen) atoms. The summed E-state index contributed by atoms with van der Waals surface area (Å²) in [4.78, 5) is 12.5. The second kappa shape index (κ2) is 15.2. The molecule has 0 radical (unpaired) electrons. The monoisotopic (exact) mass is 803 g/mol. The van der Waals surface area contributed by atoms with Gasteiger partial charge in [-0.2, -0.15) is 0 Å². The van der Waals surface area contributed by atoms with Gasteiger partial charge >= 0.3 is 0 Å². The normalized spacial score (nSPS) is 14.0. The van der Waals surface area contributed by atoms with Crippen molar-refractivity contribution < 1.29 is 4.74 Å². The minimum absolute atomic E-state index is 0.0152. The maximum absolute atomic E-state index is 6.85. The van der Waals surface area contributed by atoms with Gasteiger partial charge in [0.1, 0.15) is 11.5 Å². The topological polar surface area (TPSA) is 38.2 Å². The Morgan fingerprint density at radius 1 is 0.443 bits per heavy atom. The maximum Gasteiger partial charge on any atom is 0.128 e. The van der Waals surface area contributed by atoms with Crippen LogP contribution in [0.1, 0.15) is 128 Å². The predicted molar refractivity (Wildman–Crippen MR) is 255 cm³/mol. The highest BCUT2D eigenvalue weighted by Crippen LogP contribution is 2.59. The standard InChI is InChI=1S/C57H61N3O/c1-53(2,3)39-22-26-44(27-23-39)60-50-28-24-40(54(4,5)6)35-47(50)57(52-21-13-14-31-59-52,48-36-41(55(7,8)9)25-29-51(48)60)43-18-16-20-46(34-43)61-45-19-15-17-38(33-45)49-37-42(30-32-58-49)56(10,11)12/h13-37H,1-12H3. The van der Waals surface area contributed by atoms with E-state index in [2.05, 4.69) is 209 Å². The van der Waals surface area contributed by atoms with Crippen LogP contribution < -0.4 is 9.64 Å². The summed E-state index contributed by atoms with van der Waals surface area (Å²) in [5.74, 6) is 1.51. The van der Waals surface area contributed by atoms with Crippen LogP contribution >= 0.6 is 0 Å². The number of anilines is 3. The Balaban J connectivity index is 1.38. The first kappa shape index (κ1) is 41.7. The molecule has 4 nitrogen and oxygen atoms in total. The molecule has 0 bridgehead atoms. The number of aromatic nitrogens is 2. The van der Waals surface area contributed by atoms with Gasteiger partial charge in [-0.25, -0.2) is 0 Å². The van der Waals surface area contributed by atoms with Crippen molar-refractivity contribution in [1.29, 1.82) is 0 Å². The number of pyridine rings is 2. The molecule has 0 amide bonds. The first-order valence-corrected chi connectivity index (χ1v) is 21.7. The van der Waals surface area contributed by atoms with Crippen LogP contribution in [0.3, 0.4) is 0 Å². The third kappa shape index (κ3) is 7.89. The molecule has 0 N–H and O–H groups in total. The molecule has 1 aliphatic heterocycles. The van der Waals surface area contributed by atoms with Crippen LogP contribution in [0.5, 0.6) is 11.5 Å². The van der Waals surface area contributed by atoms with Gasteiger partial charge in [0.2, 0.25) is 0 Å². The Morgan fingerprint density at radius 2 is 0.984 bits per heavy atom. The highest BCUT2D eigenvalue weighted by atomic mass is 16.5. The van der Waals surface area contributed by atoms with Crippen LogP contribution in [-0.4, -0.2) is 9.97 Å². The summed E-state index contributed by atoms with van der Waals surface area (Å²) >= 11 is 0. The molecule has 0 unspecified atom stereocenters. The van der Waals surface area contributed by atoms with Gasteiger partial charge in [0.05, 0.1) is 28.2 Å². The highest BCUT2D eigenvalue weighted by Gasteiger charge is 2.48. The van der Waals surface area contributed by atoms with Gasteiger partial charge in [0, 0.05) is 23.6 Å². The van der Waals surface area contributed by atoms with E-state index in [9.17, 15) is 0 Å². The molecular weight excluding hydrogens is 743 g/mol. The highest BCUT2D eigenvalue weighted by molar-refractivity contribution is 5.90. The van der Waals surface area contributed by atoms with Crippen molar-refractivity contribution in [3.05, 3.63) is 197 Å². The average molecular weight is 804 g/mol. The lowest BCUT2D eigenvalue weighted by Crippen LogP contribution is -2.39. The van der Waals surface area contributed by atoms with E-state index in [4.69, 9.17) is 14.7 Å². The number of benzene rings is 5. The molecule has 0 saturated carbocycles. The second-order valence-corrected chi connectivity index (χ2v) is 20.9. The van der Waals surface area contributed by atoms with Crippen LogP contribution in [0.15, 0.2) is 152 Å². The van der Waals surface area contributed by atoms with E-state index in [1.165, 1.54) is 33.4 Å². The van der Waals surface area contributed by atoms with E-state index in [0.717, 1.165) is 51.1 Å². The number of nitrogens with zero attached hydrogens (tertiary/aromatic N) is 3. The molecule has 1 aliphatic rings. The van der Waals surface area contributed by atoms with Gasteiger partial charge in [0.25, 0.3) is 0 Å². The van der Waals surface area contributed by atoms with Crippen LogP contribution in [0.25, 0.3) is 11.3 Å². The zero-order valence-corrected chi connectivity index (χ0v) is 38.2. The van der Waals surface area contributed by atoms with Crippen molar-refractivity contribution in [2.24, 2.45) is 0 Å². The van der Waals surface area contributed by atoms with E-state index in [1.54, 1.807) is 0 Å². The fraction of sp³-hybridized carbons (Fsp3) is 0.298. The lowest BCUT2D eigenvalue weighted by Gasteiger charge is -2.47. The minimum atomic E-state index is -0.811. The molecule has 310 valence electrons. The summed E-state index contributed by atoms with van der Waals surface area (Å²) in [7, 11) is 0. The molecule has 0 saturated heterocycles. The molecule has 5 aromatic carbocycles. The van der Waals surface area contributed by atoms with E-state index in [0.29, 0.717) is 0 Å². The van der Waals surface area contributed by atoms with Gasteiger partial charge in [-0.05, 0) is 133 Å². The summed E-state index contributed by atoms with van der Waals surface area (Å²) in [6.45, 7) is 27.3. The molecule has 0 spiro atoms. The van der Waals surface area contributed by atoms with Crippen molar-refractivity contribution in [3.63, 3.8) is 0 Å². The summed E-state index contributed by atoms with van der Waals surface area (Å²) in [5.41, 5.74) is 13.8. The Kier molecular flexibility index (Phi) is 10.4. The van der Waals surface area contributed by atoms with Gasteiger partial charge in [-0.3, -0.25) is 9.97 Å². The Morgan fingerprint density at radius 3 is 1.54 bits per heavy atom. The largest absolute Gasteiger partial charge is 0.457 e. The first-order valence-electron chi connectivity index (χ1n) is 21.7. The minimum Gasteiger partial charge on any atom is -0.457 e. The Bertz CT molecular complexity index is 2640. The maximum atomic E-state index is 6.85. The quantitative estimate of drug-likeness (QED) is 0.168. The first-order chi connectivity index (χ1) is 28.7. The molecule has 4 heteroatoms. The number of hydrogen-bond donors (Lipinski definition) is 0. The van der Waals surface area contributed by atoms with E-state index in [-0.39, 0.29) is 21.7 Å². The number of rotatable bonds is 6. The van der Waals surface area contributed by atoms with Crippen molar-refractivity contribution in [1.82, 2.24) is 9.97 Å². The van der Waals surface area contributed by atoms with E-state index < -0.39 is 5.41 Å². The van der Waals surface area contributed by atoms with Crippen LogP contribution in [0, 0.1) is 0 Å². The van der Waals surface area contributed by atoms with Gasteiger partial charge in [0.15, 0.2) is 0 Å².